The zero-order chi connectivity index (χ0) is 23.8. The first-order valence-corrected chi connectivity index (χ1v) is 12.6. The third kappa shape index (κ3) is 6.52. The monoisotopic (exact) mass is 482 g/mol. The second kappa shape index (κ2) is 11.6. The second-order valence-electron chi connectivity index (χ2n) is 7.88. The molecule has 2 heterocycles. The number of rotatable bonds is 11. The molecule has 0 radical (unpaired) electrons. The minimum atomic E-state index is -3.96. The van der Waals surface area contributed by atoms with Crippen LogP contribution in [0.1, 0.15) is 31.0 Å². The number of benzene rings is 1. The van der Waals surface area contributed by atoms with Crippen molar-refractivity contribution >= 4 is 15.9 Å². The quantitative estimate of drug-likeness (QED) is 0.528. The van der Waals surface area contributed by atoms with E-state index >= 15 is 0 Å². The Morgan fingerprint density at radius 3 is 2.85 bits per heavy atom. The Balaban J connectivity index is 1.93. The molecule has 33 heavy (non-hydrogen) atoms. The van der Waals surface area contributed by atoms with Gasteiger partial charge in [-0.15, -0.1) is 0 Å². The highest BCUT2D eigenvalue weighted by molar-refractivity contribution is 7.90. The molecule has 0 saturated carbocycles. The number of ether oxygens (including phenoxy) is 2. The Bertz CT molecular complexity index is 1040. The summed E-state index contributed by atoms with van der Waals surface area (Å²) in [4.78, 5) is 18.3. The maximum atomic E-state index is 14.1. The summed E-state index contributed by atoms with van der Waals surface area (Å²) >= 11 is 0. The Morgan fingerprint density at radius 2 is 2.18 bits per heavy atom. The molecule has 2 aromatic rings. The lowest BCUT2D eigenvalue weighted by molar-refractivity contribution is 0.0931. The highest BCUT2D eigenvalue weighted by Gasteiger charge is 2.29. The summed E-state index contributed by atoms with van der Waals surface area (Å²) in [7, 11) is -2.41. The van der Waals surface area contributed by atoms with E-state index in [0.29, 0.717) is 32.0 Å². The van der Waals surface area contributed by atoms with Crippen molar-refractivity contribution < 1.29 is 27.1 Å². The average molecular weight is 483 g/mol. The summed E-state index contributed by atoms with van der Waals surface area (Å²) in [5.41, 5.74) is 0.634. The van der Waals surface area contributed by atoms with E-state index in [1.807, 2.05) is 6.92 Å². The highest BCUT2D eigenvalue weighted by Crippen LogP contribution is 2.23. The molecule has 1 N–H and O–H groups in total. The Hall–Kier alpha value is -2.50. The molecule has 0 spiro atoms. The summed E-state index contributed by atoms with van der Waals surface area (Å²) in [5.74, 6) is -1.09. The topological polar surface area (TPSA) is 103 Å². The van der Waals surface area contributed by atoms with E-state index in [1.54, 1.807) is 22.6 Å². The first-order valence-electron chi connectivity index (χ1n) is 11.0. The number of hydrogen-bond acceptors (Lipinski definition) is 6. The van der Waals surface area contributed by atoms with Crippen LogP contribution in [-0.2, 0) is 38.2 Å². The normalized spacial score (nSPS) is 16.2. The lowest BCUT2D eigenvalue weighted by atomic mass is 10.2. The standard InChI is InChI=1S/C22H31FN4O5S/c1-3-24-21(28)26(10-12-31-2)14-18-13-25-22(27(18)15-19-8-6-11-32-19)33(29,30)16-17-7-4-5-9-20(17)23/h4-5,7,9,13,19H,3,6,8,10-12,14-16H2,1-2H3,(H,24,28). The molecule has 0 bridgehead atoms. The van der Waals surface area contributed by atoms with Gasteiger partial charge in [-0.05, 0) is 25.8 Å². The average Bonchev–Trinajstić information content (AvgIpc) is 3.43. The largest absolute Gasteiger partial charge is 0.383 e. The van der Waals surface area contributed by atoms with Crippen LogP contribution in [0.15, 0.2) is 35.6 Å². The molecule has 1 unspecified atom stereocenters. The molecule has 11 heteroatoms. The number of nitrogens with one attached hydrogen (secondary N) is 1. The number of carbonyl (C=O) groups is 1. The van der Waals surface area contributed by atoms with Crippen molar-refractivity contribution in [3.8, 4) is 0 Å². The Kier molecular flexibility index (Phi) is 8.81. The van der Waals surface area contributed by atoms with Crippen molar-refractivity contribution in [3.05, 3.63) is 47.5 Å². The molecule has 0 aliphatic carbocycles. The summed E-state index contributed by atoms with van der Waals surface area (Å²) in [6.45, 7) is 3.98. The molecule has 1 fully saturated rings. The van der Waals surface area contributed by atoms with Crippen molar-refractivity contribution in [2.75, 3.05) is 33.4 Å². The fourth-order valence-electron chi connectivity index (χ4n) is 3.75. The lowest BCUT2D eigenvalue weighted by Crippen LogP contribution is -2.41. The van der Waals surface area contributed by atoms with E-state index in [9.17, 15) is 17.6 Å². The SMILES string of the molecule is CCNC(=O)N(CCOC)Cc1cnc(S(=O)(=O)Cc2ccccc2F)n1CC1CCCO1. The van der Waals surface area contributed by atoms with Crippen molar-refractivity contribution in [1.29, 1.82) is 0 Å². The first-order chi connectivity index (χ1) is 15.9. The van der Waals surface area contributed by atoms with Gasteiger partial charge in [-0.2, -0.15) is 0 Å². The maximum absolute atomic E-state index is 14.1. The van der Waals surface area contributed by atoms with Crippen LogP contribution in [0.3, 0.4) is 0 Å². The van der Waals surface area contributed by atoms with E-state index in [0.717, 1.165) is 12.8 Å². The van der Waals surface area contributed by atoms with E-state index < -0.39 is 21.4 Å². The number of nitrogens with zero attached hydrogens (tertiary/aromatic N) is 3. The molecule has 1 aliphatic heterocycles. The van der Waals surface area contributed by atoms with Crippen molar-refractivity contribution in [1.82, 2.24) is 19.8 Å². The zero-order valence-corrected chi connectivity index (χ0v) is 19.8. The van der Waals surface area contributed by atoms with Gasteiger partial charge in [0.1, 0.15) is 5.82 Å². The van der Waals surface area contributed by atoms with Gasteiger partial charge in [0, 0.05) is 32.4 Å². The van der Waals surface area contributed by atoms with Gasteiger partial charge in [-0.1, -0.05) is 18.2 Å². The number of carbonyl (C=O) groups excluding carboxylic acids is 1. The molecular weight excluding hydrogens is 451 g/mol. The van der Waals surface area contributed by atoms with Gasteiger partial charge in [0.05, 0.1) is 43.4 Å². The number of hydrogen-bond donors (Lipinski definition) is 1. The number of halogens is 1. The van der Waals surface area contributed by atoms with Crippen LogP contribution in [0.5, 0.6) is 0 Å². The van der Waals surface area contributed by atoms with Gasteiger partial charge < -0.3 is 24.3 Å². The molecule has 182 valence electrons. The van der Waals surface area contributed by atoms with Gasteiger partial charge in [0.2, 0.25) is 15.0 Å². The maximum Gasteiger partial charge on any atom is 0.317 e. The van der Waals surface area contributed by atoms with Crippen molar-refractivity contribution in [3.63, 3.8) is 0 Å². The van der Waals surface area contributed by atoms with Crippen LogP contribution >= 0.6 is 0 Å². The van der Waals surface area contributed by atoms with E-state index in [2.05, 4.69) is 10.3 Å². The first kappa shape index (κ1) is 25.1. The van der Waals surface area contributed by atoms with Crippen molar-refractivity contribution in [2.24, 2.45) is 0 Å². The third-order valence-corrected chi connectivity index (χ3v) is 7.00. The summed E-state index contributed by atoms with van der Waals surface area (Å²) in [6, 6.07) is 5.50. The minimum absolute atomic E-state index is 0.0785. The van der Waals surface area contributed by atoms with Crippen molar-refractivity contribution in [2.45, 2.75) is 49.9 Å². The fraction of sp³-hybridized carbons (Fsp3) is 0.545. The number of imidazole rings is 1. The number of amides is 2. The molecular formula is C22H31FN4O5S. The van der Waals surface area contributed by atoms with Crippen LogP contribution < -0.4 is 5.32 Å². The predicted octanol–water partition coefficient (Wildman–Crippen LogP) is 2.35. The number of aromatic nitrogens is 2. The molecule has 9 nitrogen and oxygen atoms in total. The highest BCUT2D eigenvalue weighted by atomic mass is 32.2. The predicted molar refractivity (Wildman–Crippen MR) is 120 cm³/mol. The van der Waals surface area contributed by atoms with Crippen LogP contribution in [-0.4, -0.2) is 68.4 Å². The van der Waals surface area contributed by atoms with Crippen LogP contribution in [0.2, 0.25) is 0 Å². The van der Waals surface area contributed by atoms with Gasteiger partial charge in [0.25, 0.3) is 0 Å². The third-order valence-electron chi connectivity index (χ3n) is 5.43. The Morgan fingerprint density at radius 1 is 1.39 bits per heavy atom. The van der Waals surface area contributed by atoms with Gasteiger partial charge in [0.15, 0.2) is 0 Å². The molecule has 1 atom stereocenters. The number of urea groups is 1. The minimum Gasteiger partial charge on any atom is -0.383 e. The second-order valence-corrected chi connectivity index (χ2v) is 9.76. The summed E-state index contributed by atoms with van der Waals surface area (Å²) in [6.07, 6.45) is 3.00. The molecule has 1 saturated heterocycles. The summed E-state index contributed by atoms with van der Waals surface area (Å²) in [5, 5.41) is 2.61. The van der Waals surface area contributed by atoms with Crippen LogP contribution in [0, 0.1) is 5.82 Å². The fourth-order valence-corrected chi connectivity index (χ4v) is 5.26. The van der Waals surface area contributed by atoms with Gasteiger partial charge in [-0.3, -0.25) is 0 Å². The molecule has 1 aliphatic rings. The number of methoxy groups -OCH3 is 1. The molecule has 3 rings (SSSR count). The number of sulfone groups is 1. The van der Waals surface area contributed by atoms with Gasteiger partial charge >= 0.3 is 6.03 Å². The van der Waals surface area contributed by atoms with Gasteiger partial charge in [-0.25, -0.2) is 22.6 Å². The zero-order valence-electron chi connectivity index (χ0n) is 19.0. The smallest absolute Gasteiger partial charge is 0.317 e. The molecule has 1 aromatic heterocycles. The molecule has 1 aromatic carbocycles. The van der Waals surface area contributed by atoms with E-state index in [1.165, 1.54) is 24.4 Å². The van der Waals surface area contributed by atoms with Crippen LogP contribution in [0.25, 0.3) is 0 Å². The van der Waals surface area contributed by atoms with E-state index in [4.69, 9.17) is 9.47 Å². The van der Waals surface area contributed by atoms with Crippen LogP contribution in [0.4, 0.5) is 9.18 Å². The lowest BCUT2D eigenvalue weighted by Gasteiger charge is -2.24. The molecule has 2 amide bonds. The van der Waals surface area contributed by atoms with E-state index in [-0.39, 0.29) is 35.9 Å². The Labute approximate surface area is 193 Å². The summed E-state index contributed by atoms with van der Waals surface area (Å²) < 4.78 is 53.1.